The van der Waals surface area contributed by atoms with E-state index < -0.39 is 11.8 Å². The molecule has 0 aliphatic heterocycles. The van der Waals surface area contributed by atoms with Crippen LogP contribution in [0.5, 0.6) is 0 Å². The minimum absolute atomic E-state index is 0.0563. The zero-order valence-electron chi connectivity index (χ0n) is 9.24. The number of hydrogen-bond acceptors (Lipinski definition) is 5. The average molecular weight is 331 g/mol. The van der Waals surface area contributed by atoms with E-state index in [0.717, 1.165) is 11.3 Å². The van der Waals surface area contributed by atoms with E-state index in [9.17, 15) is 9.18 Å². The molecule has 2 rings (SSSR count). The Balaban J connectivity index is 2.45. The first kappa shape index (κ1) is 13.0. The summed E-state index contributed by atoms with van der Waals surface area (Å²) < 4.78 is 18.3. The second-order valence-corrected chi connectivity index (χ2v) is 5.24. The second-order valence-electron chi connectivity index (χ2n) is 3.35. The molecular formula is C11H8BrFN2O2S. The van der Waals surface area contributed by atoms with Crippen LogP contribution in [0.1, 0.15) is 10.5 Å². The van der Waals surface area contributed by atoms with Crippen molar-refractivity contribution in [2.75, 3.05) is 12.8 Å². The summed E-state index contributed by atoms with van der Waals surface area (Å²) in [6.07, 6.45) is 0. The zero-order chi connectivity index (χ0) is 13.3. The van der Waals surface area contributed by atoms with E-state index in [2.05, 4.69) is 25.7 Å². The number of methoxy groups -OCH3 is 1. The number of halogens is 2. The smallest absolute Gasteiger partial charge is 0.359 e. The molecule has 4 nitrogen and oxygen atoms in total. The van der Waals surface area contributed by atoms with Gasteiger partial charge in [0.25, 0.3) is 0 Å². The number of esters is 1. The number of benzene rings is 1. The van der Waals surface area contributed by atoms with Gasteiger partial charge in [0.05, 0.1) is 11.6 Å². The third-order valence-corrected chi connectivity index (χ3v) is 3.78. The van der Waals surface area contributed by atoms with Gasteiger partial charge in [0.1, 0.15) is 15.8 Å². The van der Waals surface area contributed by atoms with Gasteiger partial charge in [0.15, 0.2) is 5.69 Å². The van der Waals surface area contributed by atoms with Crippen molar-refractivity contribution in [3.05, 3.63) is 34.2 Å². The molecule has 0 spiro atoms. The zero-order valence-corrected chi connectivity index (χ0v) is 11.6. The van der Waals surface area contributed by atoms with Crippen molar-refractivity contribution >= 4 is 38.2 Å². The molecule has 7 heteroatoms. The highest BCUT2D eigenvalue weighted by Crippen LogP contribution is 2.31. The topological polar surface area (TPSA) is 65.2 Å². The van der Waals surface area contributed by atoms with Crippen LogP contribution >= 0.6 is 27.3 Å². The quantitative estimate of drug-likeness (QED) is 0.859. The molecule has 0 fully saturated rings. The van der Waals surface area contributed by atoms with Gasteiger partial charge in [-0.25, -0.2) is 14.2 Å². The standard InChI is InChI=1S/C11H8BrFN2O2S/c1-17-11(16)8-9(14)18-10(15-8)5-2-3-6(12)7(13)4-5/h2-4H,14H2,1H3. The van der Waals surface area contributed by atoms with Crippen LogP contribution in [0.4, 0.5) is 9.39 Å². The van der Waals surface area contributed by atoms with Gasteiger partial charge in [-0.15, -0.1) is 0 Å². The second kappa shape index (κ2) is 5.03. The van der Waals surface area contributed by atoms with Gasteiger partial charge in [-0.05, 0) is 28.1 Å². The Hall–Kier alpha value is -1.47. The monoisotopic (exact) mass is 330 g/mol. The van der Waals surface area contributed by atoms with E-state index in [1.54, 1.807) is 12.1 Å². The van der Waals surface area contributed by atoms with Crippen LogP contribution in [-0.4, -0.2) is 18.1 Å². The van der Waals surface area contributed by atoms with Crippen molar-refractivity contribution in [3.8, 4) is 10.6 Å². The third-order valence-electron chi connectivity index (χ3n) is 2.20. The number of nitrogens with two attached hydrogens (primary N) is 1. The number of nitrogens with zero attached hydrogens (tertiary/aromatic N) is 1. The molecule has 0 saturated carbocycles. The van der Waals surface area contributed by atoms with Crippen molar-refractivity contribution in [3.63, 3.8) is 0 Å². The van der Waals surface area contributed by atoms with Crippen molar-refractivity contribution in [1.29, 1.82) is 0 Å². The number of ether oxygens (including phenoxy) is 1. The fourth-order valence-electron chi connectivity index (χ4n) is 1.33. The summed E-state index contributed by atoms with van der Waals surface area (Å²) in [6.45, 7) is 0. The molecule has 0 aliphatic carbocycles. The first-order valence-electron chi connectivity index (χ1n) is 4.83. The van der Waals surface area contributed by atoms with Crippen molar-refractivity contribution in [1.82, 2.24) is 4.98 Å². The van der Waals surface area contributed by atoms with Gasteiger partial charge in [0.2, 0.25) is 0 Å². The van der Waals surface area contributed by atoms with E-state index in [1.807, 2.05) is 0 Å². The average Bonchev–Trinajstić information content (AvgIpc) is 2.74. The Morgan fingerprint density at radius 3 is 2.89 bits per heavy atom. The molecule has 0 bridgehead atoms. The molecule has 2 aromatic rings. The maximum Gasteiger partial charge on any atom is 0.359 e. The Kier molecular flexibility index (Phi) is 3.63. The largest absolute Gasteiger partial charge is 0.464 e. The fraction of sp³-hybridized carbons (Fsp3) is 0.0909. The van der Waals surface area contributed by atoms with Crippen LogP contribution in [0.15, 0.2) is 22.7 Å². The van der Waals surface area contributed by atoms with E-state index in [-0.39, 0.29) is 10.7 Å². The van der Waals surface area contributed by atoms with Crippen LogP contribution < -0.4 is 5.73 Å². The van der Waals surface area contributed by atoms with Gasteiger partial charge < -0.3 is 10.5 Å². The molecule has 2 N–H and O–H groups in total. The molecule has 0 saturated heterocycles. The number of carbonyl (C=O) groups excluding carboxylic acids is 1. The van der Waals surface area contributed by atoms with E-state index in [1.165, 1.54) is 13.2 Å². The van der Waals surface area contributed by atoms with Crippen LogP contribution in [0.25, 0.3) is 10.6 Å². The van der Waals surface area contributed by atoms with Gasteiger partial charge in [0, 0.05) is 5.56 Å². The highest BCUT2D eigenvalue weighted by atomic mass is 79.9. The molecule has 1 aromatic carbocycles. The number of carbonyl (C=O) groups is 1. The Morgan fingerprint density at radius 1 is 1.56 bits per heavy atom. The molecule has 0 amide bonds. The lowest BCUT2D eigenvalue weighted by Gasteiger charge is -1.98. The number of aromatic nitrogens is 1. The predicted octanol–water partition coefficient (Wildman–Crippen LogP) is 3.08. The summed E-state index contributed by atoms with van der Waals surface area (Å²) in [6, 6.07) is 4.58. The predicted molar refractivity (Wildman–Crippen MR) is 71.0 cm³/mol. The number of nitrogen functional groups attached to an aromatic ring is 1. The first-order valence-corrected chi connectivity index (χ1v) is 6.44. The number of thiazole rings is 1. The SMILES string of the molecule is COC(=O)c1nc(-c2ccc(Br)c(F)c2)sc1N. The number of anilines is 1. The first-order chi connectivity index (χ1) is 8.52. The highest BCUT2D eigenvalue weighted by Gasteiger charge is 2.17. The molecule has 0 unspecified atom stereocenters. The summed E-state index contributed by atoms with van der Waals surface area (Å²) in [5.74, 6) is -1.01. The van der Waals surface area contributed by atoms with Crippen LogP contribution in [0, 0.1) is 5.82 Å². The lowest BCUT2D eigenvalue weighted by Crippen LogP contribution is -2.04. The van der Waals surface area contributed by atoms with Gasteiger partial charge in [-0.1, -0.05) is 17.4 Å². The molecule has 18 heavy (non-hydrogen) atoms. The summed E-state index contributed by atoms with van der Waals surface area (Å²) in [5.41, 5.74) is 6.29. The normalized spacial score (nSPS) is 10.4. The minimum atomic E-state index is -0.604. The summed E-state index contributed by atoms with van der Waals surface area (Å²) in [4.78, 5) is 15.4. The Labute approximate surface area is 115 Å². The molecular weight excluding hydrogens is 323 g/mol. The Morgan fingerprint density at radius 2 is 2.28 bits per heavy atom. The number of hydrogen-bond donors (Lipinski definition) is 1. The lowest BCUT2D eigenvalue weighted by molar-refractivity contribution is 0.0596. The molecule has 1 heterocycles. The minimum Gasteiger partial charge on any atom is -0.464 e. The third kappa shape index (κ3) is 2.37. The van der Waals surface area contributed by atoms with Crippen molar-refractivity contribution in [2.24, 2.45) is 0 Å². The maximum absolute atomic E-state index is 13.4. The molecule has 1 aromatic heterocycles. The van der Waals surface area contributed by atoms with E-state index in [4.69, 9.17) is 5.73 Å². The maximum atomic E-state index is 13.4. The highest BCUT2D eigenvalue weighted by molar-refractivity contribution is 9.10. The van der Waals surface area contributed by atoms with Crippen molar-refractivity contribution < 1.29 is 13.9 Å². The summed E-state index contributed by atoms with van der Waals surface area (Å²) in [5, 5.41) is 0.722. The summed E-state index contributed by atoms with van der Waals surface area (Å²) >= 11 is 4.17. The molecule has 0 aliphatic rings. The van der Waals surface area contributed by atoms with Gasteiger partial charge >= 0.3 is 5.97 Å². The van der Waals surface area contributed by atoms with Crippen molar-refractivity contribution in [2.45, 2.75) is 0 Å². The molecule has 0 atom stereocenters. The van der Waals surface area contributed by atoms with Crippen LogP contribution in [0.2, 0.25) is 0 Å². The van der Waals surface area contributed by atoms with Gasteiger partial charge in [-0.2, -0.15) is 0 Å². The van der Waals surface area contributed by atoms with Crippen LogP contribution in [-0.2, 0) is 4.74 Å². The molecule has 0 radical (unpaired) electrons. The lowest BCUT2D eigenvalue weighted by atomic mass is 10.2. The summed E-state index contributed by atoms with van der Waals surface area (Å²) in [7, 11) is 1.25. The fourth-order valence-corrected chi connectivity index (χ4v) is 2.39. The van der Waals surface area contributed by atoms with E-state index >= 15 is 0 Å². The van der Waals surface area contributed by atoms with Gasteiger partial charge in [-0.3, -0.25) is 0 Å². The molecule has 94 valence electrons. The van der Waals surface area contributed by atoms with E-state index in [0.29, 0.717) is 15.0 Å². The van der Waals surface area contributed by atoms with Crippen LogP contribution in [0.3, 0.4) is 0 Å². The number of rotatable bonds is 2. The Bertz CT molecular complexity index is 615.